The fourth-order valence-electron chi connectivity index (χ4n) is 5.77. The van der Waals surface area contributed by atoms with E-state index in [1.807, 2.05) is 6.08 Å². The van der Waals surface area contributed by atoms with E-state index in [-0.39, 0.29) is 5.41 Å². The van der Waals surface area contributed by atoms with Crippen LogP contribution in [0.3, 0.4) is 0 Å². The van der Waals surface area contributed by atoms with Crippen LogP contribution in [0.1, 0.15) is 58.8 Å². The lowest BCUT2D eigenvalue weighted by molar-refractivity contribution is -0.116. The van der Waals surface area contributed by atoms with E-state index < -0.39 is 0 Å². The van der Waals surface area contributed by atoms with Crippen molar-refractivity contribution in [1.82, 2.24) is 0 Å². The Kier molecular flexibility index (Phi) is 2.72. The van der Waals surface area contributed by atoms with Crippen LogP contribution in [0.4, 0.5) is 0 Å². The van der Waals surface area contributed by atoms with E-state index in [0.29, 0.717) is 17.1 Å². The van der Waals surface area contributed by atoms with Crippen molar-refractivity contribution in [2.75, 3.05) is 0 Å². The molecule has 0 aromatic heterocycles. The van der Waals surface area contributed by atoms with Crippen LogP contribution >= 0.6 is 0 Å². The summed E-state index contributed by atoms with van der Waals surface area (Å²) < 4.78 is 0. The van der Waals surface area contributed by atoms with Crippen molar-refractivity contribution in [3.63, 3.8) is 0 Å². The molecule has 4 rings (SSSR count). The van der Waals surface area contributed by atoms with Crippen LogP contribution in [0.25, 0.3) is 0 Å². The van der Waals surface area contributed by atoms with Crippen LogP contribution in [0, 0.1) is 22.7 Å². The van der Waals surface area contributed by atoms with Gasteiger partial charge in [0.25, 0.3) is 0 Å². The minimum Gasteiger partial charge on any atom is -0.295 e. The van der Waals surface area contributed by atoms with Gasteiger partial charge in [-0.1, -0.05) is 43.2 Å². The summed E-state index contributed by atoms with van der Waals surface area (Å²) in [6, 6.07) is 0. The topological polar surface area (TPSA) is 17.1 Å². The predicted octanol–water partition coefficient (Wildman–Crippen LogP) is 4.99. The Balaban J connectivity index is 1.77. The molecule has 4 aliphatic carbocycles. The first-order valence-electron chi connectivity index (χ1n) is 8.57. The molecule has 0 saturated heterocycles. The Labute approximate surface area is 128 Å². The van der Waals surface area contributed by atoms with E-state index in [9.17, 15) is 4.79 Å². The Morgan fingerprint density at radius 2 is 1.86 bits per heavy atom. The normalized spacial score (nSPS) is 45.4. The molecule has 4 aliphatic rings. The molecule has 0 amide bonds. The highest BCUT2D eigenvalue weighted by molar-refractivity contribution is 5.91. The number of hydrogen-bond donors (Lipinski definition) is 0. The first-order chi connectivity index (χ1) is 9.95. The van der Waals surface area contributed by atoms with Crippen LogP contribution in [0.2, 0.25) is 0 Å². The number of carbonyl (C=O) groups excluding carboxylic acids is 1. The van der Waals surface area contributed by atoms with Crippen molar-refractivity contribution in [3.8, 4) is 0 Å². The summed E-state index contributed by atoms with van der Waals surface area (Å²) in [5.41, 5.74) is 5.22. The second kappa shape index (κ2) is 4.21. The summed E-state index contributed by atoms with van der Waals surface area (Å²) in [6.45, 7) is 9.25. The van der Waals surface area contributed by atoms with Gasteiger partial charge >= 0.3 is 0 Å². The summed E-state index contributed by atoms with van der Waals surface area (Å²) in [6.07, 6.45) is 12.3. The highest BCUT2D eigenvalue weighted by Crippen LogP contribution is 2.64. The number of fused-ring (bicyclic) bond motifs is 5. The summed E-state index contributed by atoms with van der Waals surface area (Å²) in [7, 11) is 0. The standard InChI is InChI=1S/C20H26O/c1-13-4-7-17-16-6-5-14-12-15(21)8-10-20(14,3)18(16)9-11-19(13,17)2/h6,12,17-18H,1,4-5,7-11H2,2-3H3. The molecule has 4 unspecified atom stereocenters. The third kappa shape index (κ3) is 1.67. The van der Waals surface area contributed by atoms with Gasteiger partial charge in [0.15, 0.2) is 5.78 Å². The second-order valence-electron chi connectivity index (χ2n) is 8.17. The van der Waals surface area contributed by atoms with Gasteiger partial charge in [-0.15, -0.1) is 0 Å². The van der Waals surface area contributed by atoms with Gasteiger partial charge in [-0.2, -0.15) is 0 Å². The van der Waals surface area contributed by atoms with E-state index in [0.717, 1.165) is 25.2 Å². The van der Waals surface area contributed by atoms with Gasteiger partial charge in [0.05, 0.1) is 0 Å². The van der Waals surface area contributed by atoms with Crippen LogP contribution < -0.4 is 0 Å². The molecule has 4 atom stereocenters. The van der Waals surface area contributed by atoms with E-state index in [2.05, 4.69) is 26.5 Å². The largest absolute Gasteiger partial charge is 0.295 e. The molecule has 0 N–H and O–H groups in total. The van der Waals surface area contributed by atoms with Crippen molar-refractivity contribution >= 4 is 5.78 Å². The maximum Gasteiger partial charge on any atom is 0.155 e. The van der Waals surface area contributed by atoms with Crippen molar-refractivity contribution < 1.29 is 4.79 Å². The summed E-state index contributed by atoms with van der Waals surface area (Å²) >= 11 is 0. The summed E-state index contributed by atoms with van der Waals surface area (Å²) in [5, 5.41) is 0. The molecule has 1 nitrogen and oxygen atoms in total. The van der Waals surface area contributed by atoms with Crippen molar-refractivity contribution in [2.24, 2.45) is 22.7 Å². The fraction of sp³-hybridized carbons (Fsp3) is 0.650. The molecule has 0 spiro atoms. The third-order valence-corrected chi connectivity index (χ3v) is 7.35. The third-order valence-electron chi connectivity index (χ3n) is 7.35. The zero-order valence-electron chi connectivity index (χ0n) is 13.4. The molecule has 2 fully saturated rings. The van der Waals surface area contributed by atoms with E-state index >= 15 is 0 Å². The highest BCUT2D eigenvalue weighted by atomic mass is 16.1. The number of rotatable bonds is 0. The Hall–Kier alpha value is -1.11. The minimum absolute atomic E-state index is 0.253. The zero-order valence-corrected chi connectivity index (χ0v) is 13.4. The molecule has 0 aromatic rings. The van der Waals surface area contributed by atoms with Crippen LogP contribution in [0.15, 0.2) is 35.5 Å². The summed E-state index contributed by atoms with van der Waals surface area (Å²) in [5.74, 6) is 1.74. The second-order valence-corrected chi connectivity index (χ2v) is 8.17. The lowest BCUT2D eigenvalue weighted by Gasteiger charge is -2.53. The van der Waals surface area contributed by atoms with Gasteiger partial charge in [0.1, 0.15) is 0 Å². The van der Waals surface area contributed by atoms with Crippen LogP contribution in [-0.4, -0.2) is 5.78 Å². The molecule has 2 saturated carbocycles. The average molecular weight is 282 g/mol. The molecule has 0 aromatic carbocycles. The lowest BCUT2D eigenvalue weighted by Crippen LogP contribution is -2.44. The average Bonchev–Trinajstić information content (AvgIpc) is 2.76. The maximum absolute atomic E-state index is 11.8. The molecule has 0 aliphatic heterocycles. The number of carbonyl (C=O) groups is 1. The highest BCUT2D eigenvalue weighted by Gasteiger charge is 2.54. The first-order valence-corrected chi connectivity index (χ1v) is 8.57. The lowest BCUT2D eigenvalue weighted by atomic mass is 9.51. The van der Waals surface area contributed by atoms with Crippen molar-refractivity contribution in [2.45, 2.75) is 58.8 Å². The van der Waals surface area contributed by atoms with Gasteiger partial charge in [0, 0.05) is 6.42 Å². The molecule has 0 heterocycles. The van der Waals surface area contributed by atoms with Gasteiger partial charge in [-0.05, 0) is 67.3 Å². The number of ketones is 1. The van der Waals surface area contributed by atoms with Crippen LogP contribution in [-0.2, 0) is 4.79 Å². The van der Waals surface area contributed by atoms with Crippen molar-refractivity contribution in [3.05, 3.63) is 35.5 Å². The molecular formula is C20H26O. The Morgan fingerprint density at radius 1 is 1.10 bits per heavy atom. The van der Waals surface area contributed by atoms with Gasteiger partial charge < -0.3 is 0 Å². The van der Waals surface area contributed by atoms with Gasteiger partial charge in [0.2, 0.25) is 0 Å². The fourth-order valence-corrected chi connectivity index (χ4v) is 5.77. The molecule has 112 valence electrons. The van der Waals surface area contributed by atoms with Crippen LogP contribution in [0.5, 0.6) is 0 Å². The number of hydrogen-bond acceptors (Lipinski definition) is 1. The Morgan fingerprint density at radius 3 is 2.67 bits per heavy atom. The van der Waals surface area contributed by atoms with E-state index in [1.165, 1.54) is 36.8 Å². The molecule has 0 radical (unpaired) electrons. The minimum atomic E-state index is 0.253. The number of allylic oxidation sites excluding steroid dienone is 5. The monoisotopic (exact) mass is 282 g/mol. The van der Waals surface area contributed by atoms with E-state index in [1.54, 1.807) is 5.57 Å². The molecule has 21 heavy (non-hydrogen) atoms. The molecule has 0 bridgehead atoms. The smallest absolute Gasteiger partial charge is 0.155 e. The van der Waals surface area contributed by atoms with Gasteiger partial charge in [-0.25, -0.2) is 0 Å². The predicted molar refractivity (Wildman–Crippen MR) is 85.8 cm³/mol. The SMILES string of the molecule is C=C1CCC2C3=CCC4=CC(=O)CCC4(C)C3CCC12C. The zero-order chi connectivity index (χ0) is 14.8. The van der Waals surface area contributed by atoms with E-state index in [4.69, 9.17) is 0 Å². The Bertz CT molecular complexity index is 593. The quantitative estimate of drug-likeness (QED) is 0.572. The first kappa shape index (κ1) is 13.5. The maximum atomic E-state index is 11.8. The van der Waals surface area contributed by atoms with Gasteiger partial charge in [-0.3, -0.25) is 4.79 Å². The van der Waals surface area contributed by atoms with Crippen molar-refractivity contribution in [1.29, 1.82) is 0 Å². The summed E-state index contributed by atoms with van der Waals surface area (Å²) in [4.78, 5) is 11.8. The molecule has 1 heteroatoms. The molecular weight excluding hydrogens is 256 g/mol.